The van der Waals surface area contributed by atoms with Gasteiger partial charge in [0.15, 0.2) is 0 Å². The molecule has 1 amide bonds. The molecule has 0 spiro atoms. The molecule has 5 heteroatoms. The van der Waals surface area contributed by atoms with Crippen molar-refractivity contribution in [2.75, 3.05) is 0 Å². The van der Waals surface area contributed by atoms with Gasteiger partial charge in [0.05, 0.1) is 12.5 Å². The van der Waals surface area contributed by atoms with Gasteiger partial charge in [-0.3, -0.25) is 4.79 Å². The molecule has 0 saturated carbocycles. The molecule has 2 N–H and O–H groups in total. The molecular weight excluding hydrogens is 270 g/mol. The van der Waals surface area contributed by atoms with Crippen molar-refractivity contribution in [3.63, 3.8) is 0 Å². The molecule has 0 saturated heterocycles. The van der Waals surface area contributed by atoms with Crippen LogP contribution < -0.4 is 5.32 Å². The lowest BCUT2D eigenvalue weighted by Crippen LogP contribution is -2.44. The third kappa shape index (κ3) is 3.51. The maximum absolute atomic E-state index is 12.2. The van der Waals surface area contributed by atoms with E-state index in [9.17, 15) is 9.59 Å². The Kier molecular flexibility index (Phi) is 4.42. The van der Waals surface area contributed by atoms with Crippen LogP contribution in [0.1, 0.15) is 24.2 Å². The summed E-state index contributed by atoms with van der Waals surface area (Å²) in [7, 11) is 0. The summed E-state index contributed by atoms with van der Waals surface area (Å²) in [6, 6.07) is 7.86. The van der Waals surface area contributed by atoms with Crippen LogP contribution in [-0.2, 0) is 4.79 Å². The van der Waals surface area contributed by atoms with E-state index in [1.807, 2.05) is 6.07 Å². The fourth-order valence-corrected chi connectivity index (χ4v) is 2.01. The molecular formula is C16H17NO4. The summed E-state index contributed by atoms with van der Waals surface area (Å²) >= 11 is 0. The van der Waals surface area contributed by atoms with Gasteiger partial charge < -0.3 is 14.8 Å². The number of furan rings is 1. The number of carboxylic acid groups (broad SMARTS) is 1. The lowest BCUT2D eigenvalue weighted by molar-refractivity contribution is -0.140. The van der Waals surface area contributed by atoms with Crippen molar-refractivity contribution < 1.29 is 19.1 Å². The third-order valence-corrected chi connectivity index (χ3v) is 3.20. The van der Waals surface area contributed by atoms with E-state index in [1.165, 1.54) is 0 Å². The number of carbonyl (C=O) groups is 2. The SMILES string of the molecule is CC(C)C(NC(=O)c1cccc(-c2ccoc2)c1)C(=O)O. The minimum absolute atomic E-state index is 0.191. The third-order valence-electron chi connectivity index (χ3n) is 3.20. The fraction of sp³-hybridized carbons (Fsp3) is 0.250. The number of hydrogen-bond donors (Lipinski definition) is 2. The molecule has 1 unspecified atom stereocenters. The van der Waals surface area contributed by atoms with Crippen LogP contribution in [-0.4, -0.2) is 23.0 Å². The first-order valence-electron chi connectivity index (χ1n) is 6.65. The predicted molar refractivity (Wildman–Crippen MR) is 77.9 cm³/mol. The Balaban J connectivity index is 2.20. The van der Waals surface area contributed by atoms with Gasteiger partial charge in [-0.1, -0.05) is 26.0 Å². The van der Waals surface area contributed by atoms with E-state index >= 15 is 0 Å². The Morgan fingerprint density at radius 2 is 1.95 bits per heavy atom. The molecule has 1 heterocycles. The lowest BCUT2D eigenvalue weighted by atomic mass is 10.0. The Hall–Kier alpha value is -2.56. The van der Waals surface area contributed by atoms with Gasteiger partial charge in [-0.25, -0.2) is 4.79 Å². The molecule has 1 aromatic heterocycles. The van der Waals surface area contributed by atoms with Crippen LogP contribution in [0.25, 0.3) is 11.1 Å². The highest BCUT2D eigenvalue weighted by Crippen LogP contribution is 2.20. The molecule has 0 radical (unpaired) electrons. The number of amides is 1. The largest absolute Gasteiger partial charge is 0.480 e. The van der Waals surface area contributed by atoms with Crippen molar-refractivity contribution in [2.24, 2.45) is 5.92 Å². The van der Waals surface area contributed by atoms with E-state index in [1.54, 1.807) is 50.6 Å². The quantitative estimate of drug-likeness (QED) is 0.886. The number of rotatable bonds is 5. The summed E-state index contributed by atoms with van der Waals surface area (Å²) in [6.07, 6.45) is 3.15. The summed E-state index contributed by atoms with van der Waals surface area (Å²) in [5, 5.41) is 11.7. The second-order valence-electron chi connectivity index (χ2n) is 5.13. The highest BCUT2D eigenvalue weighted by molar-refractivity contribution is 5.97. The second kappa shape index (κ2) is 6.26. The second-order valence-corrected chi connectivity index (χ2v) is 5.13. The van der Waals surface area contributed by atoms with Crippen LogP contribution in [0.2, 0.25) is 0 Å². The summed E-state index contributed by atoms with van der Waals surface area (Å²) < 4.78 is 5.02. The normalized spacial score (nSPS) is 12.1. The highest BCUT2D eigenvalue weighted by atomic mass is 16.4. The van der Waals surface area contributed by atoms with Crippen molar-refractivity contribution in [1.29, 1.82) is 0 Å². The molecule has 2 rings (SSSR count). The highest BCUT2D eigenvalue weighted by Gasteiger charge is 2.23. The molecule has 5 nitrogen and oxygen atoms in total. The molecule has 1 atom stereocenters. The molecule has 0 bridgehead atoms. The zero-order chi connectivity index (χ0) is 15.4. The summed E-state index contributed by atoms with van der Waals surface area (Å²) in [4.78, 5) is 23.3. The van der Waals surface area contributed by atoms with Crippen molar-refractivity contribution in [3.05, 3.63) is 48.4 Å². The Morgan fingerprint density at radius 3 is 2.52 bits per heavy atom. The van der Waals surface area contributed by atoms with Gasteiger partial charge in [0, 0.05) is 11.1 Å². The molecule has 1 aromatic carbocycles. The summed E-state index contributed by atoms with van der Waals surface area (Å²) in [6.45, 7) is 3.50. The van der Waals surface area contributed by atoms with Crippen LogP contribution in [0.4, 0.5) is 0 Å². The minimum atomic E-state index is -1.04. The van der Waals surface area contributed by atoms with Crippen LogP contribution in [0, 0.1) is 5.92 Å². The number of nitrogens with one attached hydrogen (secondary N) is 1. The van der Waals surface area contributed by atoms with Crippen LogP contribution in [0.15, 0.2) is 47.3 Å². The van der Waals surface area contributed by atoms with E-state index < -0.39 is 17.9 Å². The van der Waals surface area contributed by atoms with Crippen molar-refractivity contribution in [1.82, 2.24) is 5.32 Å². The Labute approximate surface area is 122 Å². The number of hydrogen-bond acceptors (Lipinski definition) is 3. The van der Waals surface area contributed by atoms with Crippen LogP contribution in [0.5, 0.6) is 0 Å². The van der Waals surface area contributed by atoms with Gasteiger partial charge in [-0.2, -0.15) is 0 Å². The minimum Gasteiger partial charge on any atom is -0.480 e. The predicted octanol–water partition coefficient (Wildman–Crippen LogP) is 2.79. The Morgan fingerprint density at radius 1 is 1.19 bits per heavy atom. The van der Waals surface area contributed by atoms with E-state index in [-0.39, 0.29) is 5.92 Å². The summed E-state index contributed by atoms with van der Waals surface area (Å²) in [5.41, 5.74) is 2.12. The molecule has 0 aliphatic heterocycles. The first-order valence-corrected chi connectivity index (χ1v) is 6.65. The van der Waals surface area contributed by atoms with E-state index in [4.69, 9.17) is 9.52 Å². The smallest absolute Gasteiger partial charge is 0.326 e. The van der Waals surface area contributed by atoms with Gasteiger partial charge in [0.25, 0.3) is 5.91 Å². The summed E-state index contributed by atoms with van der Waals surface area (Å²) in [5.74, 6) is -1.63. The van der Waals surface area contributed by atoms with Gasteiger partial charge in [-0.15, -0.1) is 0 Å². The topological polar surface area (TPSA) is 79.5 Å². The van der Waals surface area contributed by atoms with Crippen molar-refractivity contribution in [3.8, 4) is 11.1 Å². The van der Waals surface area contributed by atoms with E-state index in [0.29, 0.717) is 5.56 Å². The van der Waals surface area contributed by atoms with Gasteiger partial charge >= 0.3 is 5.97 Å². The first-order chi connectivity index (χ1) is 9.99. The average molecular weight is 287 g/mol. The lowest BCUT2D eigenvalue weighted by Gasteiger charge is -2.18. The maximum Gasteiger partial charge on any atom is 0.326 e. The maximum atomic E-state index is 12.2. The number of aliphatic carboxylic acids is 1. The average Bonchev–Trinajstić information content (AvgIpc) is 2.98. The molecule has 0 fully saturated rings. The first kappa shape index (κ1) is 14.8. The van der Waals surface area contributed by atoms with Crippen LogP contribution >= 0.6 is 0 Å². The number of benzene rings is 1. The zero-order valence-corrected chi connectivity index (χ0v) is 11.9. The fourth-order valence-electron chi connectivity index (χ4n) is 2.01. The number of carboxylic acids is 1. The van der Waals surface area contributed by atoms with E-state index in [0.717, 1.165) is 11.1 Å². The van der Waals surface area contributed by atoms with Crippen molar-refractivity contribution >= 4 is 11.9 Å². The molecule has 0 aliphatic carbocycles. The molecule has 21 heavy (non-hydrogen) atoms. The molecule has 110 valence electrons. The van der Waals surface area contributed by atoms with Gasteiger partial charge in [0.1, 0.15) is 6.04 Å². The van der Waals surface area contributed by atoms with Gasteiger partial charge in [0.2, 0.25) is 0 Å². The van der Waals surface area contributed by atoms with Gasteiger partial charge in [-0.05, 0) is 29.7 Å². The monoisotopic (exact) mass is 287 g/mol. The number of carbonyl (C=O) groups excluding carboxylic acids is 1. The molecule has 2 aromatic rings. The van der Waals surface area contributed by atoms with Crippen molar-refractivity contribution in [2.45, 2.75) is 19.9 Å². The standard InChI is InChI=1S/C16H17NO4/c1-10(2)14(16(19)20)17-15(18)12-5-3-4-11(8-12)13-6-7-21-9-13/h3-10,14H,1-2H3,(H,17,18)(H,19,20). The van der Waals surface area contributed by atoms with Crippen LogP contribution in [0.3, 0.4) is 0 Å². The van der Waals surface area contributed by atoms with E-state index in [2.05, 4.69) is 5.32 Å². The molecule has 0 aliphatic rings. The Bertz CT molecular complexity index is 631. The zero-order valence-electron chi connectivity index (χ0n) is 11.9.